The third-order valence-corrected chi connectivity index (χ3v) is 6.90. The molecule has 2 rings (SSSR count). The van der Waals surface area contributed by atoms with Crippen LogP contribution < -0.4 is 9.62 Å². The van der Waals surface area contributed by atoms with Crippen LogP contribution in [0.25, 0.3) is 10.8 Å². The van der Waals surface area contributed by atoms with Crippen LogP contribution in [0.15, 0.2) is 41.3 Å². The number of nitrogens with zero attached hydrogens (tertiary/aromatic N) is 1. The van der Waals surface area contributed by atoms with E-state index in [2.05, 4.69) is 4.72 Å². The number of benzene rings is 2. The highest BCUT2D eigenvalue weighted by atomic mass is 32.2. The van der Waals surface area contributed by atoms with Crippen LogP contribution in [0.2, 0.25) is 0 Å². The second-order valence-corrected chi connectivity index (χ2v) is 9.94. The summed E-state index contributed by atoms with van der Waals surface area (Å²) in [5, 5.41) is 1.69. The molecule has 5 nitrogen and oxygen atoms in total. The number of hydrogen-bond acceptors (Lipinski definition) is 4. The summed E-state index contributed by atoms with van der Waals surface area (Å²) in [6.45, 7) is 2.11. The molecule has 2 aromatic rings. The van der Waals surface area contributed by atoms with Crippen molar-refractivity contribution in [2.45, 2.75) is 69.6 Å². The van der Waals surface area contributed by atoms with Gasteiger partial charge in [0.1, 0.15) is 5.78 Å². The van der Waals surface area contributed by atoms with Gasteiger partial charge in [-0.3, -0.25) is 0 Å². The van der Waals surface area contributed by atoms with Gasteiger partial charge in [-0.1, -0.05) is 62.8 Å². The highest BCUT2D eigenvalue weighted by molar-refractivity contribution is 7.89. The van der Waals surface area contributed by atoms with Gasteiger partial charge in [0.05, 0.1) is 4.90 Å². The lowest BCUT2D eigenvalue weighted by Gasteiger charge is -2.17. The number of carbonyl (C=O) groups is 1. The Bertz CT molecular complexity index is 923. The summed E-state index contributed by atoms with van der Waals surface area (Å²) < 4.78 is 28.5. The van der Waals surface area contributed by atoms with Gasteiger partial charge in [0, 0.05) is 43.5 Å². The Morgan fingerprint density at radius 3 is 2.03 bits per heavy atom. The standard InChI is InChI=1S/C24H36N2O3S/c1-20(27)14-10-8-6-4-5-7-9-11-19-25-30(28,29)24-18-13-15-21-22(24)16-12-17-23(21)26(2)3/h12-13,15-18,25H,4-11,14,19H2,1-3H3. The lowest BCUT2D eigenvalue weighted by molar-refractivity contribution is -0.117. The van der Waals surface area contributed by atoms with Crippen molar-refractivity contribution in [3.8, 4) is 0 Å². The third kappa shape index (κ3) is 7.40. The second kappa shape index (κ2) is 12.1. The largest absolute Gasteiger partial charge is 0.377 e. The molecular weight excluding hydrogens is 396 g/mol. The molecule has 0 saturated carbocycles. The fourth-order valence-corrected chi connectivity index (χ4v) is 5.03. The number of carbonyl (C=O) groups excluding carboxylic acids is 1. The Kier molecular flexibility index (Phi) is 9.79. The summed E-state index contributed by atoms with van der Waals surface area (Å²) >= 11 is 0. The first kappa shape index (κ1) is 24.4. The number of unbranched alkanes of at least 4 members (excludes halogenated alkanes) is 7. The molecule has 0 aliphatic carbocycles. The van der Waals surface area contributed by atoms with Crippen LogP contribution in [0.4, 0.5) is 5.69 Å². The zero-order valence-electron chi connectivity index (χ0n) is 18.6. The Balaban J connectivity index is 1.77. The maximum absolute atomic E-state index is 12.9. The molecule has 0 aliphatic heterocycles. The SMILES string of the molecule is CC(=O)CCCCCCCCCCNS(=O)(=O)c1cccc2c(N(C)C)cccc12. The molecule has 30 heavy (non-hydrogen) atoms. The van der Waals surface area contributed by atoms with Gasteiger partial charge in [-0.15, -0.1) is 0 Å². The van der Waals surface area contributed by atoms with Gasteiger partial charge in [-0.25, -0.2) is 13.1 Å². The molecule has 2 aromatic carbocycles. The number of sulfonamides is 1. The average Bonchev–Trinajstić information content (AvgIpc) is 2.70. The summed E-state index contributed by atoms with van der Waals surface area (Å²) in [4.78, 5) is 13.2. The summed E-state index contributed by atoms with van der Waals surface area (Å²) in [6.07, 6.45) is 9.35. The van der Waals surface area contributed by atoms with E-state index >= 15 is 0 Å². The zero-order valence-corrected chi connectivity index (χ0v) is 19.4. The van der Waals surface area contributed by atoms with Crippen molar-refractivity contribution >= 4 is 32.3 Å². The predicted octanol–water partition coefficient (Wildman–Crippen LogP) is 5.28. The van der Waals surface area contributed by atoms with Gasteiger partial charge in [0.25, 0.3) is 0 Å². The normalized spacial score (nSPS) is 11.7. The Labute approximate surface area is 181 Å². The molecule has 0 fully saturated rings. The van der Waals surface area contributed by atoms with Gasteiger partial charge >= 0.3 is 0 Å². The molecule has 0 radical (unpaired) electrons. The number of anilines is 1. The lowest BCUT2D eigenvalue weighted by Crippen LogP contribution is -2.25. The van der Waals surface area contributed by atoms with Crippen molar-refractivity contribution < 1.29 is 13.2 Å². The number of ketones is 1. The summed E-state index contributed by atoms with van der Waals surface area (Å²) in [7, 11) is 0.377. The smallest absolute Gasteiger partial charge is 0.241 e. The van der Waals surface area contributed by atoms with E-state index in [1.807, 2.05) is 43.3 Å². The molecule has 166 valence electrons. The number of rotatable bonds is 14. The van der Waals surface area contributed by atoms with Crippen LogP contribution in [0.1, 0.15) is 64.7 Å². The Morgan fingerprint density at radius 2 is 1.40 bits per heavy atom. The molecule has 0 aliphatic rings. The van der Waals surface area contributed by atoms with Crippen LogP contribution in [-0.4, -0.2) is 34.8 Å². The first-order valence-corrected chi connectivity index (χ1v) is 12.5. The first-order chi connectivity index (χ1) is 14.3. The first-order valence-electron chi connectivity index (χ1n) is 11.0. The van der Waals surface area contributed by atoms with Crippen molar-refractivity contribution in [2.24, 2.45) is 0 Å². The maximum atomic E-state index is 12.9. The van der Waals surface area contributed by atoms with E-state index in [-0.39, 0.29) is 5.78 Å². The van der Waals surface area contributed by atoms with Crippen LogP contribution in [-0.2, 0) is 14.8 Å². The number of hydrogen-bond donors (Lipinski definition) is 1. The molecule has 0 bridgehead atoms. The number of fused-ring (bicyclic) bond motifs is 1. The minimum Gasteiger partial charge on any atom is -0.377 e. The topological polar surface area (TPSA) is 66.5 Å². The lowest BCUT2D eigenvalue weighted by atomic mass is 10.1. The molecule has 0 saturated heterocycles. The van der Waals surface area contributed by atoms with Crippen molar-refractivity contribution in [3.05, 3.63) is 36.4 Å². The highest BCUT2D eigenvalue weighted by Crippen LogP contribution is 2.30. The molecule has 6 heteroatoms. The summed E-state index contributed by atoms with van der Waals surface area (Å²) in [5.74, 6) is 0.277. The minimum atomic E-state index is -3.54. The second-order valence-electron chi connectivity index (χ2n) is 8.20. The van der Waals surface area contributed by atoms with Gasteiger partial charge in [-0.05, 0) is 31.9 Å². The van der Waals surface area contributed by atoms with Gasteiger partial charge in [-0.2, -0.15) is 0 Å². The summed E-state index contributed by atoms with van der Waals surface area (Å²) in [6, 6.07) is 11.2. The molecule has 0 amide bonds. The third-order valence-electron chi connectivity index (χ3n) is 5.38. The van der Waals surface area contributed by atoms with Crippen molar-refractivity contribution in [2.75, 3.05) is 25.5 Å². The Hall–Kier alpha value is -1.92. The van der Waals surface area contributed by atoms with E-state index in [1.165, 1.54) is 19.3 Å². The van der Waals surface area contributed by atoms with E-state index in [4.69, 9.17) is 0 Å². The molecule has 0 heterocycles. The van der Waals surface area contributed by atoms with E-state index in [0.29, 0.717) is 17.9 Å². The van der Waals surface area contributed by atoms with Crippen LogP contribution >= 0.6 is 0 Å². The van der Waals surface area contributed by atoms with Crippen molar-refractivity contribution in [3.63, 3.8) is 0 Å². The summed E-state index contributed by atoms with van der Waals surface area (Å²) in [5.41, 5.74) is 1.01. The molecule has 0 atom stereocenters. The number of Topliss-reactive ketones (excluding diaryl/α,β-unsaturated/α-hetero) is 1. The van der Waals surface area contributed by atoms with Crippen molar-refractivity contribution in [1.29, 1.82) is 0 Å². The average molecular weight is 433 g/mol. The van der Waals surface area contributed by atoms with Gasteiger partial charge in [0.2, 0.25) is 10.0 Å². The quantitative estimate of drug-likeness (QED) is 0.412. The van der Waals surface area contributed by atoms with Crippen LogP contribution in [0, 0.1) is 0 Å². The molecule has 0 aromatic heterocycles. The Morgan fingerprint density at radius 1 is 0.833 bits per heavy atom. The molecular formula is C24H36N2O3S. The van der Waals surface area contributed by atoms with E-state index in [9.17, 15) is 13.2 Å². The monoisotopic (exact) mass is 432 g/mol. The van der Waals surface area contributed by atoms with Crippen LogP contribution in [0.5, 0.6) is 0 Å². The van der Waals surface area contributed by atoms with E-state index < -0.39 is 10.0 Å². The molecule has 1 N–H and O–H groups in total. The van der Waals surface area contributed by atoms with Crippen molar-refractivity contribution in [1.82, 2.24) is 4.72 Å². The highest BCUT2D eigenvalue weighted by Gasteiger charge is 2.17. The van der Waals surface area contributed by atoms with Gasteiger partial charge < -0.3 is 9.69 Å². The maximum Gasteiger partial charge on any atom is 0.241 e. The predicted molar refractivity (Wildman–Crippen MR) is 126 cm³/mol. The van der Waals surface area contributed by atoms with E-state index in [1.54, 1.807) is 19.1 Å². The van der Waals surface area contributed by atoms with Gasteiger partial charge in [0.15, 0.2) is 0 Å². The number of nitrogens with one attached hydrogen (secondary N) is 1. The molecule has 0 spiro atoms. The molecule has 0 unspecified atom stereocenters. The van der Waals surface area contributed by atoms with E-state index in [0.717, 1.165) is 48.6 Å². The van der Waals surface area contributed by atoms with Crippen LogP contribution in [0.3, 0.4) is 0 Å². The zero-order chi connectivity index (χ0) is 22.0. The fraction of sp³-hybridized carbons (Fsp3) is 0.542. The fourth-order valence-electron chi connectivity index (χ4n) is 3.73. The minimum absolute atomic E-state index is 0.277.